The summed E-state index contributed by atoms with van der Waals surface area (Å²) >= 11 is 5.99. The summed E-state index contributed by atoms with van der Waals surface area (Å²) in [5.41, 5.74) is 1.24. The molecule has 0 spiro atoms. The summed E-state index contributed by atoms with van der Waals surface area (Å²) in [6.07, 6.45) is 1.19. The van der Waals surface area contributed by atoms with Gasteiger partial charge in [-0.25, -0.2) is 4.98 Å². The number of nitrogens with zero attached hydrogens (tertiary/aromatic N) is 4. The maximum Gasteiger partial charge on any atom is 0.226 e. The standard InChI is InChI=1S/C24H18ClN5O3/c1-33-21-9-7-17(25)12-18(21)20(31)8-11-23(32)29-24-16(13-26)14-27-30(24)22-10-6-15-4-2-3-5-19(15)28-22/h2-7,9-10,12,14H,8,11H2,1H3,(H,29,32). The monoisotopic (exact) mass is 459 g/mol. The highest BCUT2D eigenvalue weighted by Crippen LogP contribution is 2.25. The van der Waals surface area contributed by atoms with Crippen molar-refractivity contribution in [3.8, 4) is 17.6 Å². The van der Waals surface area contributed by atoms with Crippen LogP contribution in [0.2, 0.25) is 5.02 Å². The van der Waals surface area contributed by atoms with Crippen molar-refractivity contribution in [2.24, 2.45) is 0 Å². The molecule has 0 aliphatic heterocycles. The highest BCUT2D eigenvalue weighted by Gasteiger charge is 2.19. The van der Waals surface area contributed by atoms with Gasteiger partial charge >= 0.3 is 0 Å². The summed E-state index contributed by atoms with van der Waals surface area (Å²) in [7, 11) is 1.46. The molecule has 164 valence electrons. The Labute approximate surface area is 194 Å². The molecule has 0 fully saturated rings. The minimum Gasteiger partial charge on any atom is -0.496 e. The predicted octanol–water partition coefficient (Wildman–Crippen LogP) is 4.56. The van der Waals surface area contributed by atoms with Gasteiger partial charge < -0.3 is 10.1 Å². The third-order valence-electron chi connectivity index (χ3n) is 4.99. The van der Waals surface area contributed by atoms with Crippen molar-refractivity contribution >= 4 is 40.0 Å². The van der Waals surface area contributed by atoms with Crippen molar-refractivity contribution in [3.05, 3.63) is 76.9 Å². The van der Waals surface area contributed by atoms with Crippen LogP contribution in [0.25, 0.3) is 16.7 Å². The van der Waals surface area contributed by atoms with Gasteiger partial charge in [0.25, 0.3) is 0 Å². The second-order valence-electron chi connectivity index (χ2n) is 7.11. The molecule has 0 aliphatic carbocycles. The van der Waals surface area contributed by atoms with Crippen molar-refractivity contribution in [2.75, 3.05) is 12.4 Å². The summed E-state index contributed by atoms with van der Waals surface area (Å²) in [6.45, 7) is 0. The molecule has 33 heavy (non-hydrogen) atoms. The number of amides is 1. The molecule has 0 radical (unpaired) electrons. The van der Waals surface area contributed by atoms with Crippen LogP contribution in [-0.4, -0.2) is 33.6 Å². The molecule has 1 amide bonds. The van der Waals surface area contributed by atoms with Gasteiger partial charge in [-0.15, -0.1) is 0 Å². The zero-order valence-electron chi connectivity index (χ0n) is 17.6. The van der Waals surface area contributed by atoms with Gasteiger partial charge in [0.2, 0.25) is 5.91 Å². The van der Waals surface area contributed by atoms with Crippen LogP contribution < -0.4 is 10.1 Å². The molecule has 8 nitrogen and oxygen atoms in total. The normalized spacial score (nSPS) is 10.6. The Morgan fingerprint density at radius 2 is 1.97 bits per heavy atom. The number of para-hydroxylation sites is 1. The van der Waals surface area contributed by atoms with E-state index in [1.807, 2.05) is 36.4 Å². The van der Waals surface area contributed by atoms with E-state index >= 15 is 0 Å². The fraction of sp³-hybridized carbons (Fsp3) is 0.125. The van der Waals surface area contributed by atoms with Crippen LogP contribution in [0.4, 0.5) is 5.82 Å². The molecule has 0 atom stereocenters. The number of rotatable bonds is 7. The Morgan fingerprint density at radius 3 is 2.76 bits per heavy atom. The molecule has 2 heterocycles. The number of carbonyl (C=O) groups is 2. The number of ether oxygens (including phenoxy) is 1. The largest absolute Gasteiger partial charge is 0.496 e. The van der Waals surface area contributed by atoms with Gasteiger partial charge in [-0.2, -0.15) is 15.0 Å². The number of nitriles is 1. The maximum absolute atomic E-state index is 12.6. The summed E-state index contributed by atoms with van der Waals surface area (Å²) in [6, 6.07) is 18.0. The van der Waals surface area contributed by atoms with Gasteiger partial charge in [-0.1, -0.05) is 29.8 Å². The third-order valence-corrected chi connectivity index (χ3v) is 5.22. The fourth-order valence-corrected chi connectivity index (χ4v) is 3.52. The molecule has 0 unspecified atom stereocenters. The number of aromatic nitrogens is 3. The predicted molar refractivity (Wildman–Crippen MR) is 124 cm³/mol. The van der Waals surface area contributed by atoms with E-state index in [0.29, 0.717) is 22.2 Å². The first-order chi connectivity index (χ1) is 16.0. The number of hydrogen-bond acceptors (Lipinski definition) is 6. The van der Waals surface area contributed by atoms with Gasteiger partial charge in [-0.05, 0) is 36.4 Å². The summed E-state index contributed by atoms with van der Waals surface area (Å²) in [5.74, 6) is 0.304. The molecule has 4 rings (SSSR count). The molecule has 2 aromatic carbocycles. The first-order valence-electron chi connectivity index (χ1n) is 10.0. The Kier molecular flexibility index (Phi) is 6.33. The number of halogens is 1. The Bertz CT molecular complexity index is 1410. The lowest BCUT2D eigenvalue weighted by atomic mass is 10.1. The Balaban J connectivity index is 1.52. The highest BCUT2D eigenvalue weighted by atomic mass is 35.5. The van der Waals surface area contributed by atoms with Crippen LogP contribution in [0, 0.1) is 11.3 Å². The minimum atomic E-state index is -0.441. The molecule has 4 aromatic rings. The molecule has 2 aromatic heterocycles. The van der Waals surface area contributed by atoms with Crippen LogP contribution in [0.1, 0.15) is 28.8 Å². The maximum atomic E-state index is 12.6. The number of carbonyl (C=O) groups excluding carboxylic acids is 2. The van der Waals surface area contributed by atoms with E-state index in [4.69, 9.17) is 16.3 Å². The third kappa shape index (κ3) is 4.68. The molecule has 1 N–H and O–H groups in total. The van der Waals surface area contributed by atoms with Gasteiger partial charge in [0.05, 0.1) is 24.4 Å². The number of methoxy groups -OCH3 is 1. The van der Waals surface area contributed by atoms with Crippen molar-refractivity contribution in [1.29, 1.82) is 5.26 Å². The first kappa shape index (κ1) is 22.0. The zero-order chi connectivity index (χ0) is 23.4. The summed E-state index contributed by atoms with van der Waals surface area (Å²) in [5, 5.41) is 17.7. The number of anilines is 1. The van der Waals surface area contributed by atoms with E-state index in [0.717, 1.165) is 10.9 Å². The number of ketones is 1. The minimum absolute atomic E-state index is 0.0627. The lowest BCUT2D eigenvalue weighted by Gasteiger charge is -2.10. The molecule has 0 aliphatic rings. The van der Waals surface area contributed by atoms with E-state index in [9.17, 15) is 14.9 Å². The fourth-order valence-electron chi connectivity index (χ4n) is 3.35. The average molecular weight is 460 g/mol. The summed E-state index contributed by atoms with van der Waals surface area (Å²) in [4.78, 5) is 29.8. The van der Waals surface area contributed by atoms with Crippen LogP contribution in [0.5, 0.6) is 5.75 Å². The molecule has 9 heteroatoms. The van der Waals surface area contributed by atoms with E-state index < -0.39 is 5.91 Å². The van der Waals surface area contributed by atoms with Crippen molar-refractivity contribution < 1.29 is 14.3 Å². The number of benzene rings is 2. The van der Waals surface area contributed by atoms with E-state index in [1.165, 1.54) is 24.1 Å². The topological polar surface area (TPSA) is 110 Å². The molecule has 0 saturated carbocycles. The van der Waals surface area contributed by atoms with E-state index in [-0.39, 0.29) is 30.0 Å². The zero-order valence-corrected chi connectivity index (χ0v) is 18.3. The lowest BCUT2D eigenvalue weighted by molar-refractivity contribution is -0.116. The van der Waals surface area contributed by atoms with Crippen LogP contribution in [0.15, 0.2) is 60.8 Å². The number of pyridine rings is 1. The van der Waals surface area contributed by atoms with Gasteiger partial charge in [-0.3, -0.25) is 9.59 Å². The smallest absolute Gasteiger partial charge is 0.226 e. The van der Waals surface area contributed by atoms with Crippen molar-refractivity contribution in [1.82, 2.24) is 14.8 Å². The first-order valence-corrected chi connectivity index (χ1v) is 10.4. The van der Waals surface area contributed by atoms with Gasteiger partial charge in [0.15, 0.2) is 17.4 Å². The number of hydrogen-bond donors (Lipinski definition) is 1. The van der Waals surface area contributed by atoms with E-state index in [2.05, 4.69) is 15.4 Å². The van der Waals surface area contributed by atoms with Crippen molar-refractivity contribution in [2.45, 2.75) is 12.8 Å². The number of nitrogens with one attached hydrogen (secondary N) is 1. The number of Topliss-reactive ketones (excluding diaryl/α,β-unsaturated/α-hetero) is 1. The SMILES string of the molecule is COc1ccc(Cl)cc1C(=O)CCC(=O)Nc1c(C#N)cnn1-c1ccc2ccccc2n1. The van der Waals surface area contributed by atoms with Crippen LogP contribution in [0.3, 0.4) is 0 Å². The molecule has 0 saturated heterocycles. The van der Waals surface area contributed by atoms with E-state index in [1.54, 1.807) is 18.2 Å². The van der Waals surface area contributed by atoms with Crippen LogP contribution >= 0.6 is 11.6 Å². The second-order valence-corrected chi connectivity index (χ2v) is 7.55. The Morgan fingerprint density at radius 1 is 1.15 bits per heavy atom. The molecular formula is C24H18ClN5O3. The van der Waals surface area contributed by atoms with Gasteiger partial charge in [0, 0.05) is 23.3 Å². The molecule has 0 bridgehead atoms. The van der Waals surface area contributed by atoms with Gasteiger partial charge in [0.1, 0.15) is 17.4 Å². The summed E-state index contributed by atoms with van der Waals surface area (Å²) < 4.78 is 6.60. The quantitative estimate of drug-likeness (QED) is 0.406. The number of fused-ring (bicyclic) bond motifs is 1. The van der Waals surface area contributed by atoms with Crippen molar-refractivity contribution in [3.63, 3.8) is 0 Å². The molecular weight excluding hydrogens is 442 g/mol. The second kappa shape index (κ2) is 9.51. The Hall–Kier alpha value is -4.22. The average Bonchev–Trinajstić information content (AvgIpc) is 3.24. The highest BCUT2D eigenvalue weighted by molar-refractivity contribution is 6.31. The lowest BCUT2D eigenvalue weighted by Crippen LogP contribution is -2.17. The van der Waals surface area contributed by atoms with Crippen LogP contribution in [-0.2, 0) is 4.79 Å².